The van der Waals surface area contributed by atoms with Crippen LogP contribution >= 0.6 is 11.3 Å². The Balaban J connectivity index is 1.31. The van der Waals surface area contributed by atoms with Crippen LogP contribution in [0.2, 0.25) is 0 Å². The number of hydrogen-bond acceptors (Lipinski definition) is 5. The normalized spacial score (nSPS) is 15.4. The number of nitrogens with zero attached hydrogens (tertiary/aromatic N) is 2. The summed E-state index contributed by atoms with van der Waals surface area (Å²) in [5.41, 5.74) is 3.39. The topological polar surface area (TPSA) is 56.1 Å². The molecular formula is C28H25N3O2S. The molecule has 1 aliphatic carbocycles. The van der Waals surface area contributed by atoms with E-state index in [0.717, 1.165) is 46.5 Å². The van der Waals surface area contributed by atoms with Crippen LogP contribution in [0.3, 0.4) is 0 Å². The number of aromatic nitrogens is 2. The number of aryl methyl sites for hydroxylation is 1. The molecule has 0 spiro atoms. The predicted molar refractivity (Wildman–Crippen MR) is 139 cm³/mol. The van der Waals surface area contributed by atoms with Gasteiger partial charge in [0.25, 0.3) is 5.56 Å². The molecule has 5 nitrogen and oxygen atoms in total. The number of benzene rings is 3. The average molecular weight is 468 g/mol. The molecule has 170 valence electrons. The minimum atomic E-state index is 0.0616. The van der Waals surface area contributed by atoms with E-state index in [0.29, 0.717) is 12.6 Å². The van der Waals surface area contributed by atoms with Crippen LogP contribution in [0, 0.1) is 0 Å². The van der Waals surface area contributed by atoms with E-state index in [1.54, 1.807) is 29.3 Å². The number of ether oxygens (including phenoxy) is 1. The molecule has 0 fully saturated rings. The van der Waals surface area contributed by atoms with Gasteiger partial charge in [0.15, 0.2) is 0 Å². The quantitative estimate of drug-likeness (QED) is 0.364. The van der Waals surface area contributed by atoms with E-state index in [4.69, 9.17) is 9.72 Å². The second kappa shape index (κ2) is 8.61. The van der Waals surface area contributed by atoms with Crippen molar-refractivity contribution in [2.75, 3.05) is 12.4 Å². The first-order valence-corrected chi connectivity index (χ1v) is 12.4. The molecule has 5 aromatic rings. The van der Waals surface area contributed by atoms with Crippen LogP contribution in [0.5, 0.6) is 5.75 Å². The molecule has 2 aromatic heterocycles. The minimum Gasteiger partial charge on any atom is -0.495 e. The number of anilines is 1. The lowest BCUT2D eigenvalue weighted by Crippen LogP contribution is -2.27. The lowest BCUT2D eigenvalue weighted by Gasteiger charge is -2.25. The third-order valence-corrected chi connectivity index (χ3v) is 7.89. The highest BCUT2D eigenvalue weighted by Crippen LogP contribution is 2.35. The minimum absolute atomic E-state index is 0.0616. The standard InChI is InChI=1S/C28H25N3O2S/c1-33-24-12-5-4-11-23(24)30-20-13-14-22-25(15-20)34-27-26(22)28(32)31(17-29-27)16-19-9-6-8-18-7-2-3-10-21(18)19/h2-12,17,20,30H,13-16H2,1H3. The Morgan fingerprint density at radius 1 is 1.09 bits per heavy atom. The number of fused-ring (bicyclic) bond motifs is 4. The van der Waals surface area contributed by atoms with Crippen LogP contribution in [-0.4, -0.2) is 22.7 Å². The van der Waals surface area contributed by atoms with Crippen molar-refractivity contribution < 1.29 is 4.74 Å². The van der Waals surface area contributed by atoms with Crippen molar-refractivity contribution in [1.82, 2.24) is 9.55 Å². The molecule has 0 amide bonds. The van der Waals surface area contributed by atoms with Crippen molar-refractivity contribution in [3.05, 3.63) is 99.4 Å². The average Bonchev–Trinajstić information content (AvgIpc) is 3.25. The lowest BCUT2D eigenvalue weighted by atomic mass is 9.93. The summed E-state index contributed by atoms with van der Waals surface area (Å²) >= 11 is 1.66. The molecule has 0 saturated carbocycles. The number of hydrogen-bond donors (Lipinski definition) is 1. The molecule has 0 radical (unpaired) electrons. The van der Waals surface area contributed by atoms with E-state index >= 15 is 0 Å². The summed E-state index contributed by atoms with van der Waals surface area (Å²) in [5.74, 6) is 0.850. The number of nitrogens with one attached hydrogen (secondary N) is 1. The fourth-order valence-electron chi connectivity index (χ4n) is 5.03. The summed E-state index contributed by atoms with van der Waals surface area (Å²) < 4.78 is 7.26. The summed E-state index contributed by atoms with van der Waals surface area (Å²) in [6.45, 7) is 0.520. The van der Waals surface area contributed by atoms with Crippen molar-refractivity contribution in [3.63, 3.8) is 0 Å². The Bertz CT molecular complexity index is 1560. The zero-order chi connectivity index (χ0) is 23.1. The van der Waals surface area contributed by atoms with Crippen molar-refractivity contribution >= 4 is 38.0 Å². The monoisotopic (exact) mass is 467 g/mol. The number of rotatable bonds is 5. The van der Waals surface area contributed by atoms with Gasteiger partial charge in [-0.05, 0) is 46.9 Å². The van der Waals surface area contributed by atoms with E-state index in [-0.39, 0.29) is 5.56 Å². The molecule has 1 unspecified atom stereocenters. The number of thiophene rings is 1. The van der Waals surface area contributed by atoms with Crippen LogP contribution in [-0.2, 0) is 19.4 Å². The smallest absolute Gasteiger partial charge is 0.262 e. The Labute approximate surface area is 201 Å². The van der Waals surface area contributed by atoms with Crippen molar-refractivity contribution in [2.45, 2.75) is 31.8 Å². The van der Waals surface area contributed by atoms with Gasteiger partial charge in [-0.15, -0.1) is 11.3 Å². The van der Waals surface area contributed by atoms with E-state index in [1.165, 1.54) is 21.2 Å². The highest BCUT2D eigenvalue weighted by Gasteiger charge is 2.26. The zero-order valence-electron chi connectivity index (χ0n) is 19.0. The molecule has 1 atom stereocenters. The van der Waals surface area contributed by atoms with Crippen LogP contribution < -0.4 is 15.6 Å². The molecule has 3 aromatic carbocycles. The van der Waals surface area contributed by atoms with Gasteiger partial charge < -0.3 is 10.1 Å². The summed E-state index contributed by atoms with van der Waals surface area (Å²) in [4.78, 5) is 20.4. The first-order valence-electron chi connectivity index (χ1n) is 11.6. The first-order chi connectivity index (χ1) is 16.7. The van der Waals surface area contributed by atoms with Gasteiger partial charge in [-0.25, -0.2) is 4.98 Å². The van der Waals surface area contributed by atoms with Gasteiger partial charge in [0.05, 0.1) is 31.1 Å². The van der Waals surface area contributed by atoms with Gasteiger partial charge in [0.1, 0.15) is 10.6 Å². The molecule has 1 aliphatic rings. The molecule has 34 heavy (non-hydrogen) atoms. The summed E-state index contributed by atoms with van der Waals surface area (Å²) in [6.07, 6.45) is 4.43. The maximum atomic E-state index is 13.6. The van der Waals surface area contributed by atoms with E-state index < -0.39 is 0 Å². The van der Waals surface area contributed by atoms with Crippen molar-refractivity contribution in [3.8, 4) is 5.75 Å². The van der Waals surface area contributed by atoms with Gasteiger partial charge in [0.2, 0.25) is 0 Å². The SMILES string of the molecule is COc1ccccc1NC1CCc2c(sc3ncn(Cc4cccc5ccccc45)c(=O)c23)C1. The molecule has 0 saturated heterocycles. The van der Waals surface area contributed by atoms with Gasteiger partial charge >= 0.3 is 0 Å². The Hall–Kier alpha value is -3.64. The number of methoxy groups -OCH3 is 1. The van der Waals surface area contributed by atoms with Gasteiger partial charge in [0, 0.05) is 17.3 Å². The fourth-order valence-corrected chi connectivity index (χ4v) is 6.29. The number of para-hydroxylation sites is 2. The second-order valence-electron chi connectivity index (χ2n) is 8.78. The lowest BCUT2D eigenvalue weighted by molar-refractivity contribution is 0.415. The third kappa shape index (κ3) is 3.64. The molecule has 2 heterocycles. The molecule has 0 aliphatic heterocycles. The molecule has 0 bridgehead atoms. The van der Waals surface area contributed by atoms with Gasteiger partial charge in [-0.3, -0.25) is 9.36 Å². The largest absolute Gasteiger partial charge is 0.495 e. The first kappa shape index (κ1) is 20.9. The summed E-state index contributed by atoms with van der Waals surface area (Å²) in [7, 11) is 1.69. The fraction of sp³-hybridized carbons (Fsp3) is 0.214. The van der Waals surface area contributed by atoms with Gasteiger partial charge in [-0.1, -0.05) is 54.6 Å². The van der Waals surface area contributed by atoms with Crippen LogP contribution in [0.25, 0.3) is 21.0 Å². The second-order valence-corrected chi connectivity index (χ2v) is 9.87. The van der Waals surface area contributed by atoms with Crippen LogP contribution in [0.15, 0.2) is 77.9 Å². The highest BCUT2D eigenvalue weighted by molar-refractivity contribution is 7.18. The Morgan fingerprint density at radius 3 is 2.82 bits per heavy atom. The van der Waals surface area contributed by atoms with E-state index in [2.05, 4.69) is 35.6 Å². The zero-order valence-corrected chi connectivity index (χ0v) is 19.8. The van der Waals surface area contributed by atoms with Crippen LogP contribution in [0.4, 0.5) is 5.69 Å². The highest BCUT2D eigenvalue weighted by atomic mass is 32.1. The summed E-state index contributed by atoms with van der Waals surface area (Å²) in [6, 6.07) is 22.9. The Morgan fingerprint density at radius 2 is 1.91 bits per heavy atom. The van der Waals surface area contributed by atoms with E-state index in [1.807, 2.05) is 36.4 Å². The van der Waals surface area contributed by atoms with Gasteiger partial charge in [-0.2, -0.15) is 0 Å². The molecule has 6 heteroatoms. The van der Waals surface area contributed by atoms with Crippen molar-refractivity contribution in [1.29, 1.82) is 0 Å². The Kier molecular flexibility index (Phi) is 5.30. The predicted octanol–water partition coefficient (Wildman–Crippen LogP) is 5.64. The van der Waals surface area contributed by atoms with Crippen molar-refractivity contribution in [2.24, 2.45) is 0 Å². The molecule has 6 rings (SSSR count). The summed E-state index contributed by atoms with van der Waals surface area (Å²) in [5, 5.41) is 6.80. The maximum Gasteiger partial charge on any atom is 0.262 e. The van der Waals surface area contributed by atoms with Crippen LogP contribution in [0.1, 0.15) is 22.4 Å². The molecule has 1 N–H and O–H groups in total. The van der Waals surface area contributed by atoms with E-state index in [9.17, 15) is 4.79 Å². The third-order valence-electron chi connectivity index (χ3n) is 6.72. The maximum absolute atomic E-state index is 13.6. The molecular weight excluding hydrogens is 442 g/mol.